The van der Waals surface area contributed by atoms with Gasteiger partial charge < -0.3 is 21.1 Å². The van der Waals surface area contributed by atoms with E-state index in [1.54, 1.807) is 29.8 Å². The Kier molecular flexibility index (Phi) is 6.63. The topological polar surface area (TPSA) is 125 Å². The first-order valence-electron chi connectivity index (χ1n) is 10.4. The van der Waals surface area contributed by atoms with Crippen molar-refractivity contribution in [3.63, 3.8) is 0 Å². The number of nitrogens with zero attached hydrogens (tertiary/aromatic N) is 4. The Hall–Kier alpha value is -3.27. The molecule has 9 nitrogen and oxygen atoms in total. The zero-order valence-corrected chi connectivity index (χ0v) is 18.7. The number of rotatable bonds is 7. The smallest absolute Gasteiger partial charge is 0.251 e. The molecule has 0 atom stereocenters. The maximum atomic E-state index is 14.3. The zero-order valence-electron chi connectivity index (χ0n) is 18.7. The number of hydrogen-bond acceptors (Lipinski definition) is 7. The van der Waals surface area contributed by atoms with Crippen LogP contribution in [0.3, 0.4) is 0 Å². The molecule has 1 aromatic heterocycles. The van der Waals surface area contributed by atoms with Crippen LogP contribution in [0.2, 0.25) is 0 Å². The van der Waals surface area contributed by atoms with Crippen LogP contribution in [0.4, 0.5) is 27.5 Å². The predicted octanol–water partition coefficient (Wildman–Crippen LogP) is 2.49. The van der Waals surface area contributed by atoms with E-state index >= 15 is 0 Å². The van der Waals surface area contributed by atoms with Gasteiger partial charge in [-0.2, -0.15) is 4.98 Å². The van der Waals surface area contributed by atoms with Crippen LogP contribution in [0.25, 0.3) is 0 Å². The molecule has 1 saturated carbocycles. The highest BCUT2D eigenvalue weighted by atomic mass is 19.1. The monoisotopic (exact) mass is 444 g/mol. The highest BCUT2D eigenvalue weighted by Crippen LogP contribution is 2.35. The largest absolute Gasteiger partial charge is 0.390 e. The maximum absolute atomic E-state index is 14.3. The molecule has 2 aromatic rings. The summed E-state index contributed by atoms with van der Waals surface area (Å²) < 4.78 is 14.3. The van der Waals surface area contributed by atoms with Crippen LogP contribution in [0.15, 0.2) is 18.3 Å². The van der Waals surface area contributed by atoms with Crippen molar-refractivity contribution in [1.29, 1.82) is 0 Å². The summed E-state index contributed by atoms with van der Waals surface area (Å²) in [4.78, 5) is 35.7. The van der Waals surface area contributed by atoms with Crippen molar-refractivity contribution in [3.05, 3.63) is 35.3 Å². The second-order valence-electron chi connectivity index (χ2n) is 8.67. The molecule has 1 aliphatic rings. The first-order valence-corrected chi connectivity index (χ1v) is 10.4. The van der Waals surface area contributed by atoms with Crippen LogP contribution in [0, 0.1) is 12.7 Å². The Morgan fingerprint density at radius 2 is 2.00 bits per heavy atom. The number of aliphatic hydroxyl groups is 1. The average molecular weight is 445 g/mol. The SMILES string of the molecule is Cc1cc(C(N)=O)c(F)cc1Nc1ncc(N(C)C)c(N(C=O)C2CCC(C)(O)CC2)n1. The van der Waals surface area contributed by atoms with Crippen LogP contribution in [-0.4, -0.2) is 53.1 Å². The number of hydrogen-bond donors (Lipinski definition) is 3. The summed E-state index contributed by atoms with van der Waals surface area (Å²) in [6, 6.07) is 2.42. The van der Waals surface area contributed by atoms with Gasteiger partial charge in [-0.15, -0.1) is 0 Å². The van der Waals surface area contributed by atoms with Crippen molar-refractivity contribution in [1.82, 2.24) is 9.97 Å². The van der Waals surface area contributed by atoms with E-state index in [2.05, 4.69) is 15.3 Å². The van der Waals surface area contributed by atoms with E-state index in [-0.39, 0.29) is 17.6 Å². The van der Waals surface area contributed by atoms with E-state index in [1.165, 1.54) is 12.1 Å². The number of halogens is 1. The molecule has 4 N–H and O–H groups in total. The number of anilines is 4. The fraction of sp³-hybridized carbons (Fsp3) is 0.455. The molecular weight excluding hydrogens is 415 g/mol. The molecule has 172 valence electrons. The van der Waals surface area contributed by atoms with Crippen molar-refractivity contribution >= 4 is 35.5 Å². The van der Waals surface area contributed by atoms with Gasteiger partial charge in [0.2, 0.25) is 12.4 Å². The molecule has 1 aliphatic carbocycles. The Bertz CT molecular complexity index is 1020. The van der Waals surface area contributed by atoms with Crippen molar-refractivity contribution in [2.24, 2.45) is 5.73 Å². The first kappa shape index (κ1) is 23.4. The third-order valence-corrected chi connectivity index (χ3v) is 5.84. The molecular formula is C22H29FN6O3. The Balaban J connectivity index is 1.95. The number of nitrogens with two attached hydrogens (primary N) is 1. The standard InChI is InChI=1S/C22H29FN6O3/c1-13-9-15(19(24)31)16(23)10-17(13)26-21-25-11-18(28(3)4)20(27-21)29(12-30)14-5-7-22(2,32)8-6-14/h9-12,14,32H,5-8H2,1-4H3,(H2,24,31)(H,25,26,27). The van der Waals surface area contributed by atoms with Crippen LogP contribution >= 0.6 is 0 Å². The van der Waals surface area contributed by atoms with Gasteiger partial charge in [0.1, 0.15) is 5.82 Å². The number of primary amides is 1. The molecule has 0 radical (unpaired) electrons. The number of aromatic nitrogens is 2. The minimum atomic E-state index is -0.848. The maximum Gasteiger partial charge on any atom is 0.251 e. The average Bonchev–Trinajstić information content (AvgIpc) is 2.72. The number of benzene rings is 1. The molecule has 1 heterocycles. The van der Waals surface area contributed by atoms with Crippen LogP contribution in [0.5, 0.6) is 0 Å². The van der Waals surface area contributed by atoms with Gasteiger partial charge in [-0.25, -0.2) is 9.37 Å². The molecule has 0 aliphatic heterocycles. The Morgan fingerprint density at radius 3 is 2.56 bits per heavy atom. The minimum Gasteiger partial charge on any atom is -0.390 e. The summed E-state index contributed by atoms with van der Waals surface area (Å²) in [6.07, 6.45) is 4.79. The van der Waals surface area contributed by atoms with Crippen LogP contribution in [-0.2, 0) is 4.79 Å². The van der Waals surface area contributed by atoms with Gasteiger partial charge >= 0.3 is 0 Å². The molecule has 0 saturated heterocycles. The summed E-state index contributed by atoms with van der Waals surface area (Å²) in [7, 11) is 3.65. The summed E-state index contributed by atoms with van der Waals surface area (Å²) in [5, 5.41) is 13.2. The van der Waals surface area contributed by atoms with Crippen molar-refractivity contribution in [3.8, 4) is 0 Å². The summed E-state index contributed by atoms with van der Waals surface area (Å²) in [6.45, 7) is 3.51. The second-order valence-corrected chi connectivity index (χ2v) is 8.67. The zero-order chi connectivity index (χ0) is 23.6. The molecule has 1 aromatic carbocycles. The van der Waals surface area contributed by atoms with Crippen LogP contribution in [0.1, 0.15) is 48.5 Å². The van der Waals surface area contributed by atoms with Gasteiger partial charge in [0.25, 0.3) is 5.91 Å². The van der Waals surface area contributed by atoms with E-state index in [4.69, 9.17) is 5.73 Å². The Labute approximate surface area is 186 Å². The van der Waals surface area contributed by atoms with Crippen LogP contribution < -0.4 is 20.9 Å². The van der Waals surface area contributed by atoms with Crippen molar-refractivity contribution < 1.29 is 19.1 Å². The van der Waals surface area contributed by atoms with E-state index < -0.39 is 17.3 Å². The minimum absolute atomic E-state index is 0.108. The lowest BCUT2D eigenvalue weighted by atomic mass is 9.83. The molecule has 1 fully saturated rings. The fourth-order valence-corrected chi connectivity index (χ4v) is 3.87. The van der Waals surface area contributed by atoms with E-state index in [9.17, 15) is 19.1 Å². The fourth-order valence-electron chi connectivity index (χ4n) is 3.87. The predicted molar refractivity (Wildman–Crippen MR) is 121 cm³/mol. The third-order valence-electron chi connectivity index (χ3n) is 5.84. The van der Waals surface area contributed by atoms with Crippen molar-refractivity contribution in [2.45, 2.75) is 51.2 Å². The number of amides is 2. The highest BCUT2D eigenvalue weighted by molar-refractivity contribution is 5.94. The number of nitrogens with one attached hydrogen (secondary N) is 1. The molecule has 32 heavy (non-hydrogen) atoms. The number of carbonyl (C=O) groups excluding carboxylic acids is 2. The van der Waals surface area contributed by atoms with Gasteiger partial charge in [-0.3, -0.25) is 14.5 Å². The van der Waals surface area contributed by atoms with Crippen molar-refractivity contribution in [2.75, 3.05) is 29.2 Å². The summed E-state index contributed by atoms with van der Waals surface area (Å²) in [5.41, 5.74) is 5.89. The quantitative estimate of drug-likeness (QED) is 0.560. The summed E-state index contributed by atoms with van der Waals surface area (Å²) >= 11 is 0. The Morgan fingerprint density at radius 1 is 1.34 bits per heavy atom. The van der Waals surface area contributed by atoms with Gasteiger partial charge in [-0.05, 0) is 57.2 Å². The van der Waals surface area contributed by atoms with Gasteiger partial charge in [0, 0.05) is 25.8 Å². The van der Waals surface area contributed by atoms with E-state index in [0.29, 0.717) is 48.4 Å². The number of carbonyl (C=O) groups is 2. The van der Waals surface area contributed by atoms with Gasteiger partial charge in [0.15, 0.2) is 5.82 Å². The summed E-state index contributed by atoms with van der Waals surface area (Å²) in [5.74, 6) is -1.01. The lowest BCUT2D eigenvalue weighted by Gasteiger charge is -2.38. The molecule has 0 unspecified atom stereocenters. The molecule has 10 heteroatoms. The lowest BCUT2D eigenvalue weighted by molar-refractivity contribution is -0.108. The molecule has 2 amide bonds. The molecule has 0 spiro atoms. The first-order chi connectivity index (χ1) is 15.0. The van der Waals surface area contributed by atoms with E-state index in [0.717, 1.165) is 6.41 Å². The lowest BCUT2D eigenvalue weighted by Crippen LogP contribution is -2.42. The third kappa shape index (κ3) is 4.96. The van der Waals surface area contributed by atoms with Gasteiger partial charge in [0.05, 0.1) is 23.0 Å². The van der Waals surface area contributed by atoms with E-state index in [1.807, 2.05) is 14.1 Å². The second kappa shape index (κ2) is 9.07. The molecule has 0 bridgehead atoms. The molecule has 3 rings (SSSR count). The normalized spacial score (nSPS) is 20.5. The number of aryl methyl sites for hydroxylation is 1. The highest BCUT2D eigenvalue weighted by Gasteiger charge is 2.33. The van der Waals surface area contributed by atoms with Gasteiger partial charge in [-0.1, -0.05) is 0 Å².